The Morgan fingerprint density at radius 2 is 1.40 bits per heavy atom. The van der Waals surface area contributed by atoms with Crippen LogP contribution >= 0.6 is 18.5 Å². The van der Waals surface area contributed by atoms with E-state index in [4.69, 9.17) is 0 Å². The molecular formula is C14H12F4P2. The van der Waals surface area contributed by atoms with Crippen LogP contribution in [-0.4, -0.2) is 0 Å². The van der Waals surface area contributed by atoms with Crippen LogP contribution in [0, 0.1) is 23.3 Å². The van der Waals surface area contributed by atoms with Gasteiger partial charge >= 0.3 is 0 Å². The zero-order valence-electron chi connectivity index (χ0n) is 10.4. The lowest BCUT2D eigenvalue weighted by molar-refractivity contribution is 0.504. The first-order valence-electron chi connectivity index (χ1n) is 5.84. The van der Waals surface area contributed by atoms with Gasteiger partial charge in [0.1, 0.15) is 11.6 Å². The molecule has 0 aliphatic heterocycles. The molecule has 0 saturated heterocycles. The van der Waals surface area contributed by atoms with E-state index in [9.17, 15) is 17.6 Å². The highest BCUT2D eigenvalue weighted by Gasteiger charge is 2.17. The van der Waals surface area contributed by atoms with Gasteiger partial charge in [-0.2, -0.15) is 0 Å². The van der Waals surface area contributed by atoms with E-state index < -0.39 is 23.3 Å². The summed E-state index contributed by atoms with van der Waals surface area (Å²) >= 11 is 0. The van der Waals surface area contributed by atoms with Crippen LogP contribution in [-0.2, 0) is 12.3 Å². The molecule has 0 heterocycles. The second-order valence-corrected chi connectivity index (χ2v) is 5.04. The molecule has 0 aliphatic rings. The lowest BCUT2D eigenvalue weighted by Crippen LogP contribution is -1.98. The van der Waals surface area contributed by atoms with Crippen molar-refractivity contribution in [3.63, 3.8) is 0 Å². The summed E-state index contributed by atoms with van der Waals surface area (Å²) in [6.07, 6.45) is 0.374. The third-order valence-corrected chi connectivity index (χ3v) is 3.89. The van der Waals surface area contributed by atoms with Gasteiger partial charge < -0.3 is 0 Å². The first-order chi connectivity index (χ1) is 9.49. The van der Waals surface area contributed by atoms with Crippen molar-refractivity contribution in [2.24, 2.45) is 0 Å². The third-order valence-electron chi connectivity index (χ3n) is 3.04. The molecule has 0 fully saturated rings. The summed E-state index contributed by atoms with van der Waals surface area (Å²) in [6.45, 7) is 0. The summed E-state index contributed by atoms with van der Waals surface area (Å²) in [5.41, 5.74) is -0.0771. The predicted molar refractivity (Wildman–Crippen MR) is 78.5 cm³/mol. The molecule has 6 heteroatoms. The van der Waals surface area contributed by atoms with Gasteiger partial charge in [-0.25, -0.2) is 17.6 Å². The molecule has 0 aromatic heterocycles. The average Bonchev–Trinajstić information content (AvgIpc) is 2.41. The number of hydrogen-bond donors (Lipinski definition) is 0. The van der Waals surface area contributed by atoms with Crippen LogP contribution in [0.3, 0.4) is 0 Å². The van der Waals surface area contributed by atoms with Crippen molar-refractivity contribution >= 4 is 18.5 Å². The molecule has 0 nitrogen and oxygen atoms in total. The van der Waals surface area contributed by atoms with E-state index >= 15 is 0 Å². The fourth-order valence-electron chi connectivity index (χ4n) is 1.92. The molecule has 2 rings (SSSR count). The van der Waals surface area contributed by atoms with Crippen LogP contribution in [0.15, 0.2) is 24.3 Å². The highest BCUT2D eigenvalue weighted by atomic mass is 31.0. The predicted octanol–water partition coefficient (Wildman–Crippen LogP) is 4.66. The summed E-state index contributed by atoms with van der Waals surface area (Å²) in [5, 5.41) is 0. The van der Waals surface area contributed by atoms with E-state index in [0.717, 1.165) is 12.1 Å². The van der Waals surface area contributed by atoms with Gasteiger partial charge in [0.25, 0.3) is 0 Å². The molecular weight excluding hydrogens is 306 g/mol. The van der Waals surface area contributed by atoms with Crippen molar-refractivity contribution in [1.82, 2.24) is 0 Å². The number of hydrogen-bond acceptors (Lipinski definition) is 0. The normalized spacial score (nSPS) is 10.9. The van der Waals surface area contributed by atoms with Gasteiger partial charge in [-0.3, -0.25) is 0 Å². The van der Waals surface area contributed by atoms with E-state index in [1.54, 1.807) is 0 Å². The van der Waals surface area contributed by atoms with Gasteiger partial charge in [-0.15, -0.1) is 18.5 Å². The minimum atomic E-state index is -1.10. The van der Waals surface area contributed by atoms with Crippen LogP contribution in [0.1, 0.15) is 11.1 Å². The van der Waals surface area contributed by atoms with Crippen LogP contribution in [0.25, 0.3) is 11.1 Å². The number of rotatable bonds is 3. The number of benzene rings is 2. The van der Waals surface area contributed by atoms with Gasteiger partial charge in [-0.05, 0) is 35.6 Å². The molecule has 0 aliphatic carbocycles. The van der Waals surface area contributed by atoms with Crippen molar-refractivity contribution in [2.45, 2.75) is 12.3 Å². The van der Waals surface area contributed by atoms with E-state index in [2.05, 4.69) is 18.5 Å². The highest BCUT2D eigenvalue weighted by molar-refractivity contribution is 7.15. The summed E-state index contributed by atoms with van der Waals surface area (Å²) in [4.78, 5) is 0. The monoisotopic (exact) mass is 318 g/mol. The molecule has 0 N–H and O–H groups in total. The van der Waals surface area contributed by atoms with Crippen LogP contribution in [0.2, 0.25) is 0 Å². The molecule has 0 radical (unpaired) electrons. The fraction of sp³-hybridized carbons (Fsp3) is 0.143. The fourth-order valence-corrected chi connectivity index (χ4v) is 2.63. The van der Waals surface area contributed by atoms with Crippen molar-refractivity contribution in [3.05, 3.63) is 58.7 Å². The smallest absolute Gasteiger partial charge is 0.166 e. The molecule has 2 atom stereocenters. The Labute approximate surface area is 119 Å². The lowest BCUT2D eigenvalue weighted by Gasteiger charge is -2.10. The first-order valence-corrected chi connectivity index (χ1v) is 7.48. The largest absolute Gasteiger partial charge is 0.207 e. The van der Waals surface area contributed by atoms with E-state index in [0.29, 0.717) is 0 Å². The maximum Gasteiger partial charge on any atom is 0.166 e. The van der Waals surface area contributed by atoms with Crippen molar-refractivity contribution in [2.75, 3.05) is 0 Å². The first kappa shape index (κ1) is 15.4. The molecule has 0 bridgehead atoms. The molecule has 2 aromatic carbocycles. The van der Waals surface area contributed by atoms with Crippen LogP contribution < -0.4 is 0 Å². The summed E-state index contributed by atoms with van der Waals surface area (Å²) in [7, 11) is 4.51. The third kappa shape index (κ3) is 2.73. The van der Waals surface area contributed by atoms with Gasteiger partial charge in [0.15, 0.2) is 11.6 Å². The molecule has 106 valence electrons. The molecule has 0 spiro atoms. The molecule has 0 saturated carbocycles. The van der Waals surface area contributed by atoms with E-state index in [-0.39, 0.29) is 34.6 Å². The second-order valence-electron chi connectivity index (χ2n) is 4.23. The SMILES string of the molecule is Fc1cc(-c2ccc(CP)c(F)c2F)cc(F)c1CP. The molecule has 2 aromatic rings. The topological polar surface area (TPSA) is 0 Å². The van der Waals surface area contributed by atoms with E-state index in [1.807, 2.05) is 0 Å². The summed E-state index contributed by atoms with van der Waals surface area (Å²) in [5.74, 6) is -3.63. The number of halogens is 4. The van der Waals surface area contributed by atoms with Crippen LogP contribution in [0.5, 0.6) is 0 Å². The molecule has 2 unspecified atom stereocenters. The van der Waals surface area contributed by atoms with Gasteiger partial charge in [-0.1, -0.05) is 12.1 Å². The Morgan fingerprint density at radius 3 is 1.90 bits per heavy atom. The average molecular weight is 318 g/mol. The van der Waals surface area contributed by atoms with Gasteiger partial charge in [0, 0.05) is 11.1 Å². The highest BCUT2D eigenvalue weighted by Crippen LogP contribution is 2.30. The molecule has 0 amide bonds. The Balaban J connectivity index is 2.61. The zero-order valence-corrected chi connectivity index (χ0v) is 12.7. The van der Waals surface area contributed by atoms with Crippen molar-refractivity contribution < 1.29 is 17.6 Å². The zero-order chi connectivity index (χ0) is 14.9. The Kier molecular flexibility index (Phi) is 4.78. The lowest BCUT2D eigenvalue weighted by atomic mass is 10.0. The van der Waals surface area contributed by atoms with Gasteiger partial charge in [0.05, 0.1) is 0 Å². The summed E-state index contributed by atoms with van der Waals surface area (Å²) < 4.78 is 55.1. The maximum absolute atomic E-state index is 13.9. The Morgan fingerprint density at radius 1 is 0.800 bits per heavy atom. The minimum Gasteiger partial charge on any atom is -0.207 e. The minimum absolute atomic E-state index is 0.0195. The maximum atomic E-state index is 13.9. The quantitative estimate of drug-likeness (QED) is 0.570. The van der Waals surface area contributed by atoms with Gasteiger partial charge in [0.2, 0.25) is 0 Å². The summed E-state index contributed by atoms with van der Waals surface area (Å²) in [6, 6.07) is 4.76. The standard InChI is InChI=1S/C14H12F4P2/c15-11-3-8(4-12(16)10(11)6-20)9-2-1-7(5-19)13(17)14(9)18/h1-4H,5-6,19-20H2. The van der Waals surface area contributed by atoms with Crippen LogP contribution in [0.4, 0.5) is 17.6 Å². The Bertz CT molecular complexity index is 633. The van der Waals surface area contributed by atoms with Crippen molar-refractivity contribution in [1.29, 1.82) is 0 Å². The second kappa shape index (κ2) is 6.20. The Hall–Kier alpha value is -0.980. The molecule has 20 heavy (non-hydrogen) atoms. The van der Waals surface area contributed by atoms with Crippen molar-refractivity contribution in [3.8, 4) is 11.1 Å². The van der Waals surface area contributed by atoms with E-state index in [1.165, 1.54) is 12.1 Å².